The highest BCUT2D eigenvalue weighted by molar-refractivity contribution is 9.11. The molecule has 0 saturated heterocycles. The minimum Gasteiger partial charge on any atom is -0.481 e. The molecule has 0 fully saturated rings. The second-order valence-electron chi connectivity index (χ2n) is 4.95. The number of halogens is 1. The van der Waals surface area contributed by atoms with E-state index in [9.17, 15) is 14.7 Å². The monoisotopic (exact) mass is 357 g/mol. The molecule has 2 unspecified atom stereocenters. The van der Waals surface area contributed by atoms with Crippen molar-refractivity contribution in [1.82, 2.24) is 4.90 Å². The van der Waals surface area contributed by atoms with Gasteiger partial charge in [0.1, 0.15) is 0 Å². The Hall–Kier alpha value is -1.14. The van der Waals surface area contributed by atoms with Crippen LogP contribution in [0.15, 0.2) is 27.4 Å². The number of carbonyl (C=O) groups is 2. The van der Waals surface area contributed by atoms with Crippen molar-refractivity contribution in [2.45, 2.75) is 19.4 Å². The van der Waals surface area contributed by atoms with Crippen molar-refractivity contribution in [2.75, 3.05) is 7.05 Å². The zero-order valence-corrected chi connectivity index (χ0v) is 13.5. The molecule has 1 aromatic rings. The standard InChI is InChI=1S/C14H16BrNO3S/c1-16(7-9-6-12(15)20-8-9)13(17)10-4-2-3-5-11(10)14(18)19/h2-3,6,8,10-11H,4-5,7H2,1H3,(H,18,19). The van der Waals surface area contributed by atoms with E-state index in [2.05, 4.69) is 15.9 Å². The van der Waals surface area contributed by atoms with Gasteiger partial charge in [0, 0.05) is 13.6 Å². The number of hydrogen-bond donors (Lipinski definition) is 1. The molecule has 2 atom stereocenters. The van der Waals surface area contributed by atoms with Crippen LogP contribution in [-0.4, -0.2) is 28.9 Å². The summed E-state index contributed by atoms with van der Waals surface area (Å²) in [5.74, 6) is -2.04. The highest BCUT2D eigenvalue weighted by Gasteiger charge is 2.35. The predicted octanol–water partition coefficient (Wildman–Crippen LogP) is 3.14. The summed E-state index contributed by atoms with van der Waals surface area (Å²) in [6.45, 7) is 0.507. The first kappa shape index (κ1) is 15.3. The van der Waals surface area contributed by atoms with Crippen molar-refractivity contribution in [2.24, 2.45) is 11.8 Å². The lowest BCUT2D eigenvalue weighted by molar-refractivity contribution is -0.150. The third-order valence-corrected chi connectivity index (χ3v) is 5.04. The van der Waals surface area contributed by atoms with E-state index in [1.807, 2.05) is 23.6 Å². The van der Waals surface area contributed by atoms with Gasteiger partial charge in [-0.15, -0.1) is 11.3 Å². The van der Waals surface area contributed by atoms with E-state index in [4.69, 9.17) is 0 Å². The molecule has 1 N–H and O–H groups in total. The van der Waals surface area contributed by atoms with Crippen LogP contribution in [-0.2, 0) is 16.1 Å². The Morgan fingerprint density at radius 3 is 2.60 bits per heavy atom. The van der Waals surface area contributed by atoms with Gasteiger partial charge in [0.25, 0.3) is 0 Å². The SMILES string of the molecule is CN(Cc1csc(Br)c1)C(=O)C1CC=CCC1C(=O)O. The van der Waals surface area contributed by atoms with Crippen LogP contribution in [0.2, 0.25) is 0 Å². The van der Waals surface area contributed by atoms with Crippen molar-refractivity contribution in [3.63, 3.8) is 0 Å². The molecule has 1 aliphatic carbocycles. The number of carboxylic acids is 1. The first-order valence-corrected chi connectivity index (χ1v) is 8.02. The molecular weight excluding hydrogens is 342 g/mol. The molecule has 6 heteroatoms. The smallest absolute Gasteiger partial charge is 0.307 e. The number of rotatable bonds is 4. The van der Waals surface area contributed by atoms with Crippen LogP contribution in [0, 0.1) is 11.8 Å². The largest absolute Gasteiger partial charge is 0.481 e. The maximum atomic E-state index is 12.4. The van der Waals surface area contributed by atoms with Gasteiger partial charge < -0.3 is 10.0 Å². The number of thiophene rings is 1. The van der Waals surface area contributed by atoms with E-state index in [-0.39, 0.29) is 5.91 Å². The van der Waals surface area contributed by atoms with Gasteiger partial charge in [0.05, 0.1) is 15.6 Å². The van der Waals surface area contributed by atoms with Crippen LogP contribution in [0.4, 0.5) is 0 Å². The zero-order chi connectivity index (χ0) is 14.7. The summed E-state index contributed by atoms with van der Waals surface area (Å²) in [5, 5.41) is 11.2. The summed E-state index contributed by atoms with van der Waals surface area (Å²) >= 11 is 4.97. The van der Waals surface area contributed by atoms with Gasteiger partial charge in [-0.25, -0.2) is 0 Å². The molecule has 0 aromatic carbocycles. The average Bonchev–Trinajstić information content (AvgIpc) is 2.83. The van der Waals surface area contributed by atoms with Gasteiger partial charge in [-0.1, -0.05) is 12.2 Å². The number of amides is 1. The van der Waals surface area contributed by atoms with Crippen molar-refractivity contribution in [1.29, 1.82) is 0 Å². The lowest BCUT2D eigenvalue weighted by atomic mass is 9.82. The maximum absolute atomic E-state index is 12.4. The fraction of sp³-hybridized carbons (Fsp3) is 0.429. The molecule has 20 heavy (non-hydrogen) atoms. The minimum absolute atomic E-state index is 0.0935. The Kier molecular flexibility index (Phi) is 4.99. The lowest BCUT2D eigenvalue weighted by Crippen LogP contribution is -2.39. The van der Waals surface area contributed by atoms with E-state index in [0.29, 0.717) is 19.4 Å². The fourth-order valence-corrected chi connectivity index (χ4v) is 3.62. The van der Waals surface area contributed by atoms with E-state index in [1.54, 1.807) is 23.3 Å². The number of hydrogen-bond acceptors (Lipinski definition) is 3. The van der Waals surface area contributed by atoms with Crippen molar-refractivity contribution in [3.05, 3.63) is 32.9 Å². The molecule has 1 heterocycles. The number of nitrogens with zero attached hydrogens (tertiary/aromatic N) is 1. The van der Waals surface area contributed by atoms with Gasteiger partial charge in [-0.3, -0.25) is 9.59 Å². The molecular formula is C14H16BrNO3S. The van der Waals surface area contributed by atoms with Gasteiger partial charge in [-0.2, -0.15) is 0 Å². The van der Waals surface area contributed by atoms with Crippen LogP contribution in [0.1, 0.15) is 18.4 Å². The first-order chi connectivity index (χ1) is 9.49. The van der Waals surface area contributed by atoms with Crippen molar-refractivity contribution >= 4 is 39.1 Å². The highest BCUT2D eigenvalue weighted by Crippen LogP contribution is 2.28. The fourth-order valence-electron chi connectivity index (χ4n) is 2.42. The Labute approximate surface area is 130 Å². The van der Waals surface area contributed by atoms with Crippen LogP contribution < -0.4 is 0 Å². The topological polar surface area (TPSA) is 57.6 Å². The summed E-state index contributed by atoms with van der Waals surface area (Å²) < 4.78 is 1.03. The predicted molar refractivity (Wildman–Crippen MR) is 81.5 cm³/mol. The molecule has 0 aliphatic heterocycles. The molecule has 0 bridgehead atoms. The average molecular weight is 358 g/mol. The highest BCUT2D eigenvalue weighted by atomic mass is 79.9. The lowest BCUT2D eigenvalue weighted by Gasteiger charge is -2.28. The van der Waals surface area contributed by atoms with Gasteiger partial charge in [0.15, 0.2) is 0 Å². The quantitative estimate of drug-likeness (QED) is 0.842. The van der Waals surface area contributed by atoms with E-state index >= 15 is 0 Å². The minimum atomic E-state index is -0.889. The van der Waals surface area contributed by atoms with Crippen LogP contribution in [0.25, 0.3) is 0 Å². The normalized spacial score (nSPS) is 21.7. The molecule has 4 nitrogen and oxygen atoms in total. The maximum Gasteiger partial charge on any atom is 0.307 e. The van der Waals surface area contributed by atoms with Gasteiger partial charge in [0.2, 0.25) is 5.91 Å². The Morgan fingerprint density at radius 1 is 1.40 bits per heavy atom. The Bertz CT molecular complexity index is 540. The number of aliphatic carboxylic acids is 1. The number of carbonyl (C=O) groups excluding carboxylic acids is 1. The summed E-state index contributed by atoms with van der Waals surface area (Å²) in [6.07, 6.45) is 4.69. The third kappa shape index (κ3) is 3.49. The summed E-state index contributed by atoms with van der Waals surface area (Å²) in [4.78, 5) is 25.3. The van der Waals surface area contributed by atoms with Crippen molar-refractivity contribution in [3.8, 4) is 0 Å². The Balaban J connectivity index is 2.05. The van der Waals surface area contributed by atoms with Crippen LogP contribution >= 0.6 is 27.3 Å². The molecule has 108 valence electrons. The number of carboxylic acid groups (broad SMARTS) is 1. The van der Waals surface area contributed by atoms with Crippen molar-refractivity contribution < 1.29 is 14.7 Å². The van der Waals surface area contributed by atoms with Gasteiger partial charge >= 0.3 is 5.97 Å². The van der Waals surface area contributed by atoms with E-state index in [1.165, 1.54) is 0 Å². The summed E-state index contributed by atoms with van der Waals surface area (Å²) in [5.41, 5.74) is 1.05. The summed E-state index contributed by atoms with van der Waals surface area (Å²) in [7, 11) is 1.73. The summed E-state index contributed by atoms with van der Waals surface area (Å²) in [6, 6.07) is 1.98. The molecule has 0 radical (unpaired) electrons. The molecule has 1 aliphatic rings. The first-order valence-electron chi connectivity index (χ1n) is 6.34. The molecule has 1 aromatic heterocycles. The molecule has 0 spiro atoms. The molecule has 2 rings (SSSR count). The van der Waals surface area contributed by atoms with E-state index < -0.39 is 17.8 Å². The van der Waals surface area contributed by atoms with Crippen LogP contribution in [0.5, 0.6) is 0 Å². The van der Waals surface area contributed by atoms with Gasteiger partial charge in [-0.05, 0) is 45.8 Å². The van der Waals surface area contributed by atoms with Crippen LogP contribution in [0.3, 0.4) is 0 Å². The molecule has 1 amide bonds. The second kappa shape index (κ2) is 6.54. The molecule has 0 saturated carbocycles. The zero-order valence-electron chi connectivity index (χ0n) is 11.1. The second-order valence-corrected chi connectivity index (χ2v) is 7.24. The van der Waals surface area contributed by atoms with E-state index in [0.717, 1.165) is 9.35 Å². The Morgan fingerprint density at radius 2 is 2.05 bits per heavy atom. The number of allylic oxidation sites excluding steroid dienone is 2. The third-order valence-electron chi connectivity index (χ3n) is 3.48.